The number of rotatable bonds is 4. The van der Waals surface area contributed by atoms with E-state index in [0.29, 0.717) is 30.0 Å². The predicted octanol–water partition coefficient (Wildman–Crippen LogP) is 1.37. The zero-order valence-electron chi connectivity index (χ0n) is 17.5. The summed E-state index contributed by atoms with van der Waals surface area (Å²) in [7, 11) is 0. The molecule has 2 atom stereocenters. The van der Waals surface area contributed by atoms with Crippen LogP contribution in [0.25, 0.3) is 5.65 Å². The number of hydrogen-bond acceptors (Lipinski definition) is 5. The van der Waals surface area contributed by atoms with Gasteiger partial charge in [0.2, 0.25) is 5.91 Å². The van der Waals surface area contributed by atoms with Crippen molar-refractivity contribution in [3.63, 3.8) is 0 Å². The molecule has 2 saturated heterocycles. The molecule has 2 aliphatic rings. The molecule has 4 heterocycles. The van der Waals surface area contributed by atoms with Crippen LogP contribution < -0.4 is 10.6 Å². The molecule has 8 heteroatoms. The van der Waals surface area contributed by atoms with Crippen LogP contribution in [0.4, 0.5) is 0 Å². The quantitative estimate of drug-likeness (QED) is 0.812. The summed E-state index contributed by atoms with van der Waals surface area (Å²) in [5.41, 5.74) is 3.78. The molecule has 4 rings (SSSR count). The van der Waals surface area contributed by atoms with Crippen LogP contribution in [-0.2, 0) is 4.79 Å². The van der Waals surface area contributed by atoms with Crippen molar-refractivity contribution in [3.8, 4) is 0 Å². The third-order valence-corrected chi connectivity index (χ3v) is 6.03. The zero-order chi connectivity index (χ0) is 20.5. The zero-order valence-corrected chi connectivity index (χ0v) is 17.5. The van der Waals surface area contributed by atoms with Crippen molar-refractivity contribution in [2.24, 2.45) is 5.92 Å². The number of carbonyl (C=O) groups excluding carboxylic acids is 2. The molecular weight excluding hydrogens is 368 g/mol. The number of aryl methyl sites for hydroxylation is 3. The van der Waals surface area contributed by atoms with Crippen LogP contribution in [0.5, 0.6) is 0 Å². The van der Waals surface area contributed by atoms with Crippen LogP contribution in [0.2, 0.25) is 0 Å². The van der Waals surface area contributed by atoms with Gasteiger partial charge in [0.05, 0.1) is 11.7 Å². The van der Waals surface area contributed by atoms with E-state index >= 15 is 0 Å². The second-order valence-electron chi connectivity index (χ2n) is 8.39. The number of amides is 2. The molecule has 2 unspecified atom stereocenters. The van der Waals surface area contributed by atoms with E-state index in [1.807, 2.05) is 31.7 Å². The maximum atomic E-state index is 13.3. The van der Waals surface area contributed by atoms with Crippen molar-refractivity contribution in [2.75, 3.05) is 26.2 Å². The Balaban J connectivity index is 1.46. The van der Waals surface area contributed by atoms with Gasteiger partial charge in [-0.15, -0.1) is 0 Å². The number of piperidine rings is 1. The average Bonchev–Trinajstić information content (AvgIpc) is 3.34. The lowest BCUT2D eigenvalue weighted by Crippen LogP contribution is -2.46. The van der Waals surface area contributed by atoms with Crippen molar-refractivity contribution in [2.45, 2.75) is 52.5 Å². The van der Waals surface area contributed by atoms with Crippen molar-refractivity contribution in [1.29, 1.82) is 0 Å². The van der Waals surface area contributed by atoms with Gasteiger partial charge in [-0.3, -0.25) is 9.59 Å². The Morgan fingerprint density at radius 1 is 1.24 bits per heavy atom. The first kappa shape index (κ1) is 19.8. The Labute approximate surface area is 171 Å². The highest BCUT2D eigenvalue weighted by molar-refractivity contribution is 6.01. The van der Waals surface area contributed by atoms with Crippen LogP contribution in [0.3, 0.4) is 0 Å². The number of nitrogens with zero attached hydrogens (tertiary/aromatic N) is 4. The SMILES string of the molecule is Cc1cc(C)n2nc(C)c(C(=O)N3CCCC(CNC(=O)C4CCCN4)C3)c2n1. The Kier molecular flexibility index (Phi) is 5.54. The first-order valence-corrected chi connectivity index (χ1v) is 10.6. The maximum absolute atomic E-state index is 13.3. The van der Waals surface area contributed by atoms with Crippen LogP contribution in [0.15, 0.2) is 6.07 Å². The van der Waals surface area contributed by atoms with Gasteiger partial charge >= 0.3 is 0 Å². The van der Waals surface area contributed by atoms with E-state index in [1.54, 1.807) is 4.52 Å². The second kappa shape index (κ2) is 8.10. The van der Waals surface area contributed by atoms with Crippen molar-refractivity contribution in [1.82, 2.24) is 30.1 Å². The molecule has 8 nitrogen and oxygen atoms in total. The highest BCUT2D eigenvalue weighted by atomic mass is 16.2. The molecule has 0 aliphatic carbocycles. The summed E-state index contributed by atoms with van der Waals surface area (Å²) in [4.78, 5) is 32.1. The lowest BCUT2D eigenvalue weighted by atomic mass is 9.97. The fraction of sp³-hybridized carbons (Fsp3) is 0.619. The van der Waals surface area contributed by atoms with E-state index in [2.05, 4.69) is 20.7 Å². The average molecular weight is 399 g/mol. The molecule has 0 bridgehead atoms. The molecule has 2 aromatic rings. The first-order chi connectivity index (χ1) is 13.9. The monoisotopic (exact) mass is 398 g/mol. The second-order valence-corrected chi connectivity index (χ2v) is 8.39. The van der Waals surface area contributed by atoms with Crippen LogP contribution in [0.1, 0.15) is 53.1 Å². The molecule has 0 radical (unpaired) electrons. The Morgan fingerprint density at radius 3 is 2.83 bits per heavy atom. The van der Waals surface area contributed by atoms with Crippen LogP contribution >= 0.6 is 0 Å². The normalized spacial score (nSPS) is 22.2. The summed E-state index contributed by atoms with van der Waals surface area (Å²) >= 11 is 0. The van der Waals surface area contributed by atoms with Crippen molar-refractivity contribution < 1.29 is 9.59 Å². The summed E-state index contributed by atoms with van der Waals surface area (Å²) in [5.74, 6) is 0.347. The van der Waals surface area contributed by atoms with Gasteiger partial charge in [0.1, 0.15) is 5.56 Å². The minimum absolute atomic E-state index is 0.0107. The molecule has 2 N–H and O–H groups in total. The molecule has 0 aromatic carbocycles. The van der Waals surface area contributed by atoms with E-state index in [1.165, 1.54) is 0 Å². The van der Waals surface area contributed by atoms with Crippen molar-refractivity contribution >= 4 is 17.5 Å². The molecule has 0 spiro atoms. The minimum atomic E-state index is -0.0599. The standard InChI is InChI=1S/C21H30N6O2/c1-13-10-14(2)27-19(24-13)18(15(3)25-27)21(29)26-9-5-6-16(12-26)11-23-20(28)17-7-4-8-22-17/h10,16-17,22H,4-9,11-12H2,1-3H3,(H,23,28). The number of likely N-dealkylation sites (tertiary alicyclic amines) is 1. The summed E-state index contributed by atoms with van der Waals surface area (Å²) in [6.07, 6.45) is 3.92. The van der Waals surface area contributed by atoms with Gasteiger partial charge in [0, 0.05) is 31.0 Å². The summed E-state index contributed by atoms with van der Waals surface area (Å²) in [5, 5.41) is 10.8. The lowest BCUT2D eigenvalue weighted by Gasteiger charge is -2.33. The fourth-order valence-electron chi connectivity index (χ4n) is 4.53. The first-order valence-electron chi connectivity index (χ1n) is 10.6. The summed E-state index contributed by atoms with van der Waals surface area (Å²) < 4.78 is 1.76. The number of hydrogen-bond donors (Lipinski definition) is 2. The number of carbonyl (C=O) groups is 2. The Hall–Kier alpha value is -2.48. The molecule has 29 heavy (non-hydrogen) atoms. The largest absolute Gasteiger partial charge is 0.354 e. The van der Waals surface area contributed by atoms with E-state index < -0.39 is 0 Å². The lowest BCUT2D eigenvalue weighted by molar-refractivity contribution is -0.123. The number of aromatic nitrogens is 3. The topological polar surface area (TPSA) is 91.6 Å². The van der Waals surface area contributed by atoms with Gasteiger partial charge in [-0.1, -0.05) is 0 Å². The van der Waals surface area contributed by atoms with Crippen LogP contribution in [0, 0.1) is 26.7 Å². The van der Waals surface area contributed by atoms with E-state index in [0.717, 1.165) is 50.2 Å². The van der Waals surface area contributed by atoms with Gasteiger partial charge in [-0.05, 0) is 65.0 Å². The molecule has 156 valence electrons. The number of fused-ring (bicyclic) bond motifs is 1. The van der Waals surface area contributed by atoms with Gasteiger partial charge in [0.25, 0.3) is 5.91 Å². The Morgan fingerprint density at radius 2 is 2.07 bits per heavy atom. The fourth-order valence-corrected chi connectivity index (χ4v) is 4.53. The molecule has 2 aromatic heterocycles. The predicted molar refractivity (Wildman–Crippen MR) is 110 cm³/mol. The molecular formula is C21H30N6O2. The highest BCUT2D eigenvalue weighted by Gasteiger charge is 2.30. The Bertz CT molecular complexity index is 931. The van der Waals surface area contributed by atoms with Gasteiger partial charge in [-0.25, -0.2) is 9.50 Å². The third kappa shape index (κ3) is 3.99. The smallest absolute Gasteiger partial charge is 0.259 e. The number of nitrogens with one attached hydrogen (secondary N) is 2. The van der Waals surface area contributed by atoms with E-state index in [9.17, 15) is 9.59 Å². The molecule has 2 amide bonds. The van der Waals surface area contributed by atoms with Gasteiger partial charge in [0.15, 0.2) is 5.65 Å². The third-order valence-electron chi connectivity index (χ3n) is 6.03. The van der Waals surface area contributed by atoms with Crippen LogP contribution in [-0.4, -0.2) is 63.5 Å². The highest BCUT2D eigenvalue weighted by Crippen LogP contribution is 2.22. The molecule has 2 aliphatic heterocycles. The summed E-state index contributed by atoms with van der Waals surface area (Å²) in [6.45, 7) is 8.69. The van der Waals surface area contributed by atoms with Gasteiger partial charge < -0.3 is 15.5 Å². The maximum Gasteiger partial charge on any atom is 0.259 e. The minimum Gasteiger partial charge on any atom is -0.354 e. The van der Waals surface area contributed by atoms with Crippen molar-refractivity contribution in [3.05, 3.63) is 28.7 Å². The summed E-state index contributed by atoms with van der Waals surface area (Å²) in [6, 6.07) is 1.90. The van der Waals surface area contributed by atoms with E-state index in [-0.39, 0.29) is 23.8 Å². The van der Waals surface area contributed by atoms with Gasteiger partial charge in [-0.2, -0.15) is 5.10 Å². The molecule has 2 fully saturated rings. The molecule has 0 saturated carbocycles. The van der Waals surface area contributed by atoms with E-state index in [4.69, 9.17) is 0 Å².